The maximum atomic E-state index is 12.1. The Kier molecular flexibility index (Phi) is 3.67. The summed E-state index contributed by atoms with van der Waals surface area (Å²) in [5.74, 6) is 0.997. The summed E-state index contributed by atoms with van der Waals surface area (Å²) in [4.78, 5) is 14.0. The van der Waals surface area contributed by atoms with Crippen molar-refractivity contribution in [3.05, 3.63) is 29.8 Å². The predicted octanol–water partition coefficient (Wildman–Crippen LogP) is 2.07. The van der Waals surface area contributed by atoms with Crippen LogP contribution in [0.4, 0.5) is 5.69 Å². The van der Waals surface area contributed by atoms with Gasteiger partial charge in [-0.3, -0.25) is 4.79 Å². The Hall–Kier alpha value is -1.51. The molecule has 3 heteroatoms. The van der Waals surface area contributed by atoms with Crippen molar-refractivity contribution in [2.75, 3.05) is 18.8 Å². The van der Waals surface area contributed by atoms with Crippen molar-refractivity contribution < 1.29 is 4.79 Å². The van der Waals surface area contributed by atoms with Gasteiger partial charge in [0.15, 0.2) is 0 Å². The summed E-state index contributed by atoms with van der Waals surface area (Å²) in [6.45, 7) is 4.08. The van der Waals surface area contributed by atoms with Crippen LogP contribution in [0.5, 0.6) is 0 Å². The molecular weight excluding hydrogens is 212 g/mol. The van der Waals surface area contributed by atoms with Gasteiger partial charge in [0.05, 0.1) is 6.42 Å². The second-order valence-electron chi connectivity index (χ2n) is 4.98. The molecule has 0 spiro atoms. The summed E-state index contributed by atoms with van der Waals surface area (Å²) < 4.78 is 0. The van der Waals surface area contributed by atoms with Gasteiger partial charge in [-0.2, -0.15) is 0 Å². The van der Waals surface area contributed by atoms with E-state index in [0.717, 1.165) is 43.1 Å². The molecule has 92 valence electrons. The lowest BCUT2D eigenvalue weighted by atomic mass is 9.98. The first-order chi connectivity index (χ1) is 8.15. The highest BCUT2D eigenvalue weighted by atomic mass is 16.2. The summed E-state index contributed by atoms with van der Waals surface area (Å²) >= 11 is 0. The first kappa shape index (κ1) is 12.0. The van der Waals surface area contributed by atoms with Crippen molar-refractivity contribution in [2.45, 2.75) is 26.2 Å². The van der Waals surface area contributed by atoms with Gasteiger partial charge in [-0.1, -0.05) is 19.1 Å². The molecule has 1 aromatic rings. The number of piperidine rings is 1. The number of nitrogens with two attached hydrogens (primary N) is 1. The highest BCUT2D eigenvalue weighted by molar-refractivity contribution is 5.79. The molecule has 1 fully saturated rings. The molecular formula is C14H20N2O. The summed E-state index contributed by atoms with van der Waals surface area (Å²) in [6.07, 6.45) is 2.76. The van der Waals surface area contributed by atoms with Crippen LogP contribution < -0.4 is 5.73 Å². The lowest BCUT2D eigenvalue weighted by Crippen LogP contribution is -2.38. The van der Waals surface area contributed by atoms with Crippen molar-refractivity contribution in [2.24, 2.45) is 5.92 Å². The van der Waals surface area contributed by atoms with E-state index in [1.165, 1.54) is 0 Å². The minimum Gasteiger partial charge on any atom is -0.399 e. The highest BCUT2D eigenvalue weighted by Gasteiger charge is 2.19. The number of carbonyl (C=O) groups excluding carboxylic acids is 1. The second-order valence-corrected chi connectivity index (χ2v) is 4.98. The van der Waals surface area contributed by atoms with Crippen molar-refractivity contribution >= 4 is 11.6 Å². The third kappa shape index (κ3) is 3.22. The Balaban J connectivity index is 1.90. The Morgan fingerprint density at radius 2 is 1.88 bits per heavy atom. The standard InChI is InChI=1S/C14H20N2O/c1-11-6-8-16(9-7-11)14(17)10-12-2-4-13(15)5-3-12/h2-5,11H,6-10,15H2,1H3. The number of hydrogen-bond acceptors (Lipinski definition) is 2. The number of likely N-dealkylation sites (tertiary alicyclic amines) is 1. The third-order valence-electron chi connectivity index (χ3n) is 3.47. The molecule has 0 bridgehead atoms. The van der Waals surface area contributed by atoms with Crippen molar-refractivity contribution in [3.63, 3.8) is 0 Å². The maximum absolute atomic E-state index is 12.1. The smallest absolute Gasteiger partial charge is 0.226 e. The van der Waals surface area contributed by atoms with Crippen LogP contribution in [0.25, 0.3) is 0 Å². The van der Waals surface area contributed by atoms with Gasteiger partial charge >= 0.3 is 0 Å². The number of rotatable bonds is 2. The van der Waals surface area contributed by atoms with Gasteiger partial charge in [0.25, 0.3) is 0 Å². The Morgan fingerprint density at radius 1 is 1.29 bits per heavy atom. The van der Waals surface area contributed by atoms with Crippen LogP contribution in [0.2, 0.25) is 0 Å². The van der Waals surface area contributed by atoms with Crippen LogP contribution in [0.1, 0.15) is 25.3 Å². The molecule has 1 aliphatic rings. The minimum atomic E-state index is 0.238. The van der Waals surface area contributed by atoms with E-state index in [4.69, 9.17) is 5.73 Å². The third-order valence-corrected chi connectivity index (χ3v) is 3.47. The van der Waals surface area contributed by atoms with Crippen molar-refractivity contribution in [1.29, 1.82) is 0 Å². The molecule has 0 saturated carbocycles. The van der Waals surface area contributed by atoms with Crippen LogP contribution in [0, 0.1) is 5.92 Å². The lowest BCUT2D eigenvalue weighted by Gasteiger charge is -2.30. The Bertz CT molecular complexity index is 378. The molecule has 0 aromatic heterocycles. The molecule has 1 aromatic carbocycles. The van der Waals surface area contributed by atoms with E-state index in [2.05, 4.69) is 6.92 Å². The summed E-state index contributed by atoms with van der Waals surface area (Å²) in [7, 11) is 0. The van der Waals surface area contributed by atoms with Crippen LogP contribution >= 0.6 is 0 Å². The molecule has 3 nitrogen and oxygen atoms in total. The fourth-order valence-corrected chi connectivity index (χ4v) is 2.18. The number of anilines is 1. The summed E-state index contributed by atoms with van der Waals surface area (Å²) in [5, 5.41) is 0. The minimum absolute atomic E-state index is 0.238. The van der Waals surface area contributed by atoms with E-state index in [1.54, 1.807) is 0 Å². The fraction of sp³-hybridized carbons (Fsp3) is 0.500. The number of benzene rings is 1. The quantitative estimate of drug-likeness (QED) is 0.793. The van der Waals surface area contributed by atoms with Gasteiger partial charge in [0, 0.05) is 18.8 Å². The normalized spacial score (nSPS) is 17.1. The molecule has 0 atom stereocenters. The molecule has 0 aliphatic carbocycles. The predicted molar refractivity (Wildman–Crippen MR) is 69.5 cm³/mol. The van der Waals surface area contributed by atoms with Crippen LogP contribution in [0.3, 0.4) is 0 Å². The molecule has 0 radical (unpaired) electrons. The topological polar surface area (TPSA) is 46.3 Å². The first-order valence-electron chi connectivity index (χ1n) is 6.27. The summed E-state index contributed by atoms with van der Waals surface area (Å²) in [6, 6.07) is 7.56. The van der Waals surface area contributed by atoms with Crippen molar-refractivity contribution in [3.8, 4) is 0 Å². The van der Waals surface area contributed by atoms with E-state index in [0.29, 0.717) is 6.42 Å². The summed E-state index contributed by atoms with van der Waals surface area (Å²) in [5.41, 5.74) is 7.41. The first-order valence-corrected chi connectivity index (χ1v) is 6.27. The van der Waals surface area contributed by atoms with Gasteiger partial charge in [-0.15, -0.1) is 0 Å². The highest BCUT2D eigenvalue weighted by Crippen LogP contribution is 2.17. The Morgan fingerprint density at radius 3 is 2.47 bits per heavy atom. The van der Waals surface area contributed by atoms with Gasteiger partial charge < -0.3 is 10.6 Å². The molecule has 1 aliphatic heterocycles. The van der Waals surface area contributed by atoms with Gasteiger partial charge in [-0.05, 0) is 36.5 Å². The lowest BCUT2D eigenvalue weighted by molar-refractivity contribution is -0.131. The van der Waals surface area contributed by atoms with Crippen LogP contribution in [-0.4, -0.2) is 23.9 Å². The second kappa shape index (κ2) is 5.21. The molecule has 2 N–H and O–H groups in total. The average molecular weight is 232 g/mol. The van der Waals surface area contributed by atoms with Crippen molar-refractivity contribution in [1.82, 2.24) is 4.90 Å². The zero-order valence-corrected chi connectivity index (χ0v) is 10.4. The number of amides is 1. The molecule has 0 unspecified atom stereocenters. The molecule has 1 amide bonds. The van der Waals surface area contributed by atoms with Gasteiger partial charge in [0.1, 0.15) is 0 Å². The number of nitrogen functional groups attached to an aromatic ring is 1. The van der Waals surface area contributed by atoms with E-state index in [9.17, 15) is 4.79 Å². The zero-order valence-electron chi connectivity index (χ0n) is 10.4. The largest absolute Gasteiger partial charge is 0.399 e. The SMILES string of the molecule is CC1CCN(C(=O)Cc2ccc(N)cc2)CC1. The molecule has 1 saturated heterocycles. The number of carbonyl (C=O) groups is 1. The molecule has 2 rings (SSSR count). The fourth-order valence-electron chi connectivity index (χ4n) is 2.18. The molecule has 1 heterocycles. The van der Waals surface area contributed by atoms with E-state index in [1.807, 2.05) is 29.2 Å². The zero-order chi connectivity index (χ0) is 12.3. The van der Waals surface area contributed by atoms with E-state index >= 15 is 0 Å². The van der Waals surface area contributed by atoms with Crippen LogP contribution in [-0.2, 0) is 11.2 Å². The number of nitrogens with zero attached hydrogens (tertiary/aromatic N) is 1. The number of hydrogen-bond donors (Lipinski definition) is 1. The van der Waals surface area contributed by atoms with Gasteiger partial charge in [-0.25, -0.2) is 0 Å². The van der Waals surface area contributed by atoms with E-state index < -0.39 is 0 Å². The monoisotopic (exact) mass is 232 g/mol. The molecule has 17 heavy (non-hydrogen) atoms. The van der Waals surface area contributed by atoms with E-state index in [-0.39, 0.29) is 5.91 Å². The Labute approximate surface area is 103 Å². The van der Waals surface area contributed by atoms with Gasteiger partial charge in [0.2, 0.25) is 5.91 Å². The maximum Gasteiger partial charge on any atom is 0.226 e. The average Bonchev–Trinajstić information content (AvgIpc) is 2.33. The van der Waals surface area contributed by atoms with Crippen LogP contribution in [0.15, 0.2) is 24.3 Å².